The highest BCUT2D eigenvalue weighted by Crippen LogP contribution is 2.14. The number of nitrogens with one attached hydrogen (secondary N) is 2. The lowest BCUT2D eigenvalue weighted by molar-refractivity contribution is 0.227. The molecule has 0 radical (unpaired) electrons. The average molecular weight is 392 g/mol. The van der Waals surface area contributed by atoms with Gasteiger partial charge in [0.25, 0.3) is 0 Å². The van der Waals surface area contributed by atoms with Crippen molar-refractivity contribution in [1.82, 2.24) is 29.5 Å². The van der Waals surface area contributed by atoms with Crippen molar-refractivity contribution in [3.05, 3.63) is 42.6 Å². The lowest BCUT2D eigenvalue weighted by Gasteiger charge is -2.31. The number of hydrogen-bond donors (Lipinski definition) is 2. The van der Waals surface area contributed by atoms with Gasteiger partial charge in [-0.05, 0) is 31.4 Å². The third-order valence-electron chi connectivity index (χ3n) is 4.58. The van der Waals surface area contributed by atoms with E-state index in [9.17, 15) is 13.2 Å². The van der Waals surface area contributed by atoms with Crippen molar-refractivity contribution in [2.45, 2.75) is 32.4 Å². The molecule has 0 atom stereocenters. The van der Waals surface area contributed by atoms with Gasteiger partial charge in [-0.3, -0.25) is 4.57 Å². The Morgan fingerprint density at radius 2 is 2.07 bits per heavy atom. The van der Waals surface area contributed by atoms with Gasteiger partial charge < -0.3 is 10.6 Å². The average Bonchev–Trinajstić information content (AvgIpc) is 3.22. The maximum atomic E-state index is 12.1. The summed E-state index contributed by atoms with van der Waals surface area (Å²) in [6, 6.07) is 3.48. The highest BCUT2D eigenvalue weighted by molar-refractivity contribution is 7.89. The highest BCUT2D eigenvalue weighted by atomic mass is 32.2. The van der Waals surface area contributed by atoms with Crippen LogP contribution in [0.1, 0.15) is 25.3 Å². The Labute approximate surface area is 158 Å². The molecule has 10 heteroatoms. The maximum Gasteiger partial charge on any atom is 0.315 e. The maximum absolute atomic E-state index is 12.1. The Bertz CT molecular complexity index is 843. The number of pyridine rings is 1. The summed E-state index contributed by atoms with van der Waals surface area (Å²) in [5.41, 5.74) is 0.887. The molecule has 1 saturated heterocycles. The number of hydrogen-bond acceptors (Lipinski definition) is 5. The van der Waals surface area contributed by atoms with Crippen LogP contribution in [-0.2, 0) is 16.6 Å². The summed E-state index contributed by atoms with van der Waals surface area (Å²) >= 11 is 0. The van der Waals surface area contributed by atoms with Crippen LogP contribution >= 0.6 is 0 Å². The fourth-order valence-electron chi connectivity index (χ4n) is 2.95. The first kappa shape index (κ1) is 19.3. The molecule has 0 unspecified atom stereocenters. The van der Waals surface area contributed by atoms with Gasteiger partial charge in [-0.1, -0.05) is 6.07 Å². The second-order valence-electron chi connectivity index (χ2n) is 6.40. The number of imidazole rings is 1. The van der Waals surface area contributed by atoms with Crippen LogP contribution in [-0.4, -0.2) is 58.2 Å². The Morgan fingerprint density at radius 3 is 2.67 bits per heavy atom. The summed E-state index contributed by atoms with van der Waals surface area (Å²) in [6.07, 6.45) is 8.12. The van der Waals surface area contributed by atoms with Crippen molar-refractivity contribution in [3.8, 4) is 5.82 Å². The van der Waals surface area contributed by atoms with Gasteiger partial charge in [0, 0.05) is 44.3 Å². The van der Waals surface area contributed by atoms with E-state index in [2.05, 4.69) is 20.6 Å². The van der Waals surface area contributed by atoms with E-state index in [-0.39, 0.29) is 17.8 Å². The van der Waals surface area contributed by atoms with E-state index >= 15 is 0 Å². The predicted octanol–water partition coefficient (Wildman–Crippen LogP) is 0.881. The van der Waals surface area contributed by atoms with E-state index in [1.807, 2.05) is 18.3 Å². The minimum Gasteiger partial charge on any atom is -0.335 e. The molecule has 146 valence electrons. The standard InChI is InChI=1S/C17H24N6O3S/c1-2-27(25,26)23-8-5-15(6-9-23)21-17(24)20-12-14-3-4-16(19-11-14)22-10-7-18-13-22/h3-4,7,10-11,13,15H,2,5-6,8-9,12H2,1H3,(H2,20,21,24). The number of carbonyl (C=O) groups is 1. The van der Waals surface area contributed by atoms with Gasteiger partial charge >= 0.3 is 6.03 Å². The smallest absolute Gasteiger partial charge is 0.315 e. The minimum atomic E-state index is -3.15. The van der Waals surface area contributed by atoms with Crippen LogP contribution in [0.2, 0.25) is 0 Å². The first-order valence-electron chi connectivity index (χ1n) is 8.93. The molecular formula is C17H24N6O3S. The first-order chi connectivity index (χ1) is 13.0. The molecular weight excluding hydrogens is 368 g/mol. The Hall–Kier alpha value is -2.46. The van der Waals surface area contributed by atoms with Crippen molar-refractivity contribution in [2.24, 2.45) is 0 Å². The molecule has 0 saturated carbocycles. The van der Waals surface area contributed by atoms with E-state index in [0.29, 0.717) is 32.5 Å². The van der Waals surface area contributed by atoms with E-state index < -0.39 is 10.0 Å². The molecule has 27 heavy (non-hydrogen) atoms. The van der Waals surface area contributed by atoms with Gasteiger partial charge in [0.1, 0.15) is 12.1 Å². The number of aromatic nitrogens is 3. The monoisotopic (exact) mass is 392 g/mol. The number of nitrogens with zero attached hydrogens (tertiary/aromatic N) is 4. The number of rotatable bonds is 6. The Morgan fingerprint density at radius 1 is 1.30 bits per heavy atom. The van der Waals surface area contributed by atoms with Crippen LogP contribution in [0.25, 0.3) is 5.82 Å². The van der Waals surface area contributed by atoms with Gasteiger partial charge in [0.15, 0.2) is 0 Å². The first-order valence-corrected chi connectivity index (χ1v) is 10.5. The molecule has 2 aromatic rings. The second-order valence-corrected chi connectivity index (χ2v) is 8.65. The molecule has 9 nitrogen and oxygen atoms in total. The molecule has 0 spiro atoms. The van der Waals surface area contributed by atoms with Crippen molar-refractivity contribution in [2.75, 3.05) is 18.8 Å². The van der Waals surface area contributed by atoms with Gasteiger partial charge in [0.2, 0.25) is 10.0 Å². The number of piperidine rings is 1. The molecule has 0 aliphatic carbocycles. The lowest BCUT2D eigenvalue weighted by atomic mass is 10.1. The van der Waals surface area contributed by atoms with Crippen LogP contribution in [0, 0.1) is 0 Å². The Kier molecular flexibility index (Phi) is 6.07. The van der Waals surface area contributed by atoms with Crippen LogP contribution < -0.4 is 10.6 Å². The third kappa shape index (κ3) is 5.04. The molecule has 2 amide bonds. The number of urea groups is 1. The Balaban J connectivity index is 1.43. The molecule has 2 aromatic heterocycles. The van der Waals surface area contributed by atoms with Crippen LogP contribution in [0.15, 0.2) is 37.1 Å². The zero-order valence-corrected chi connectivity index (χ0v) is 16.0. The van der Waals surface area contributed by atoms with Crippen molar-refractivity contribution < 1.29 is 13.2 Å². The minimum absolute atomic E-state index is 0.0185. The van der Waals surface area contributed by atoms with Crippen LogP contribution in [0.5, 0.6) is 0 Å². The zero-order valence-electron chi connectivity index (χ0n) is 15.2. The van der Waals surface area contributed by atoms with Gasteiger partial charge in [0.05, 0.1) is 5.75 Å². The topological polar surface area (TPSA) is 109 Å². The van der Waals surface area contributed by atoms with Gasteiger partial charge in [-0.2, -0.15) is 0 Å². The predicted molar refractivity (Wildman–Crippen MR) is 101 cm³/mol. The molecule has 1 fully saturated rings. The molecule has 0 bridgehead atoms. The van der Waals surface area contributed by atoms with E-state index in [0.717, 1.165) is 11.4 Å². The van der Waals surface area contributed by atoms with Crippen molar-refractivity contribution in [1.29, 1.82) is 0 Å². The fraction of sp³-hybridized carbons (Fsp3) is 0.471. The van der Waals surface area contributed by atoms with E-state index in [1.165, 1.54) is 4.31 Å². The summed E-state index contributed by atoms with van der Waals surface area (Å²) in [7, 11) is -3.15. The molecule has 0 aromatic carbocycles. The number of amides is 2. The fourth-order valence-corrected chi connectivity index (χ4v) is 4.08. The molecule has 3 rings (SSSR count). The quantitative estimate of drug-likeness (QED) is 0.758. The zero-order chi connectivity index (χ0) is 19.3. The second kappa shape index (κ2) is 8.49. The number of sulfonamides is 1. The van der Waals surface area contributed by atoms with Crippen molar-refractivity contribution in [3.63, 3.8) is 0 Å². The summed E-state index contributed by atoms with van der Waals surface area (Å²) in [5.74, 6) is 0.869. The summed E-state index contributed by atoms with van der Waals surface area (Å²) < 4.78 is 27.0. The molecule has 3 heterocycles. The normalized spacial score (nSPS) is 16.2. The van der Waals surface area contributed by atoms with Crippen molar-refractivity contribution >= 4 is 16.1 Å². The third-order valence-corrected chi connectivity index (χ3v) is 6.46. The van der Waals surface area contributed by atoms with E-state index in [1.54, 1.807) is 30.2 Å². The molecule has 1 aliphatic rings. The summed E-state index contributed by atoms with van der Waals surface area (Å²) in [4.78, 5) is 20.4. The van der Waals surface area contributed by atoms with Gasteiger partial charge in [-0.15, -0.1) is 0 Å². The highest BCUT2D eigenvalue weighted by Gasteiger charge is 2.27. The summed E-state index contributed by atoms with van der Waals surface area (Å²) in [6.45, 7) is 2.90. The van der Waals surface area contributed by atoms with Crippen LogP contribution in [0.3, 0.4) is 0 Å². The van der Waals surface area contributed by atoms with Gasteiger partial charge in [-0.25, -0.2) is 27.5 Å². The van der Waals surface area contributed by atoms with E-state index in [4.69, 9.17) is 0 Å². The number of carbonyl (C=O) groups excluding carboxylic acids is 1. The lowest BCUT2D eigenvalue weighted by Crippen LogP contribution is -2.49. The molecule has 2 N–H and O–H groups in total. The van der Waals surface area contributed by atoms with Crippen LogP contribution in [0.4, 0.5) is 4.79 Å². The SMILES string of the molecule is CCS(=O)(=O)N1CCC(NC(=O)NCc2ccc(-n3ccnc3)nc2)CC1. The largest absolute Gasteiger partial charge is 0.335 e. The summed E-state index contributed by atoms with van der Waals surface area (Å²) in [5, 5.41) is 5.72. The molecule has 1 aliphatic heterocycles.